The number of halogens is 2. The fourth-order valence-electron chi connectivity index (χ4n) is 1.66. The molecule has 0 aliphatic carbocycles. The molecule has 0 fully saturated rings. The standard InChI is InChI=1S/C13H18BrClN2O2/c1-5-16-13(2,3)12(18)17-10-7-8(15)6-9(14)11(10)19-4/h6-7,16H,5H2,1-4H3,(H,17,18). The van der Waals surface area contributed by atoms with Crippen molar-refractivity contribution in [3.05, 3.63) is 21.6 Å². The first-order chi connectivity index (χ1) is 8.81. The van der Waals surface area contributed by atoms with E-state index in [9.17, 15) is 4.79 Å². The molecular formula is C13H18BrClN2O2. The number of hydrogen-bond donors (Lipinski definition) is 2. The van der Waals surface area contributed by atoms with Crippen LogP contribution in [0.1, 0.15) is 20.8 Å². The molecule has 2 N–H and O–H groups in total. The van der Waals surface area contributed by atoms with Gasteiger partial charge in [0.1, 0.15) is 0 Å². The Labute approximate surface area is 127 Å². The molecule has 0 saturated carbocycles. The lowest BCUT2D eigenvalue weighted by Gasteiger charge is -2.25. The highest BCUT2D eigenvalue weighted by Gasteiger charge is 2.27. The normalized spacial score (nSPS) is 11.3. The molecule has 4 nitrogen and oxygen atoms in total. The average Bonchev–Trinajstić information content (AvgIpc) is 2.28. The number of rotatable bonds is 5. The van der Waals surface area contributed by atoms with Crippen LogP contribution in [0.2, 0.25) is 5.02 Å². The Morgan fingerprint density at radius 3 is 2.63 bits per heavy atom. The van der Waals surface area contributed by atoms with E-state index in [0.29, 0.717) is 27.5 Å². The maximum absolute atomic E-state index is 12.2. The number of hydrogen-bond acceptors (Lipinski definition) is 3. The molecule has 6 heteroatoms. The maximum atomic E-state index is 12.2. The van der Waals surface area contributed by atoms with Crippen LogP contribution in [-0.2, 0) is 4.79 Å². The fourth-order valence-corrected chi connectivity index (χ4v) is 2.63. The Bertz CT molecular complexity index is 478. The van der Waals surface area contributed by atoms with Crippen LogP contribution in [0.25, 0.3) is 0 Å². The molecule has 0 aliphatic rings. The van der Waals surface area contributed by atoms with Gasteiger partial charge >= 0.3 is 0 Å². The van der Waals surface area contributed by atoms with E-state index in [1.165, 1.54) is 0 Å². The first kappa shape index (κ1) is 16.3. The summed E-state index contributed by atoms with van der Waals surface area (Å²) in [6.45, 7) is 6.29. The van der Waals surface area contributed by atoms with Crippen LogP contribution in [-0.4, -0.2) is 25.1 Å². The van der Waals surface area contributed by atoms with Crippen LogP contribution in [0.5, 0.6) is 5.75 Å². The summed E-state index contributed by atoms with van der Waals surface area (Å²) < 4.78 is 5.96. The highest BCUT2D eigenvalue weighted by Crippen LogP contribution is 2.36. The van der Waals surface area contributed by atoms with Gasteiger partial charge in [0.25, 0.3) is 0 Å². The third-order valence-electron chi connectivity index (χ3n) is 2.65. The van der Waals surface area contributed by atoms with Gasteiger partial charge in [-0.1, -0.05) is 18.5 Å². The summed E-state index contributed by atoms with van der Waals surface area (Å²) in [5.41, 5.74) is -0.132. The van der Waals surface area contributed by atoms with Gasteiger partial charge in [0.15, 0.2) is 5.75 Å². The zero-order valence-corrected chi connectivity index (χ0v) is 13.8. The van der Waals surface area contributed by atoms with Gasteiger partial charge in [0.05, 0.1) is 22.8 Å². The van der Waals surface area contributed by atoms with E-state index in [2.05, 4.69) is 26.6 Å². The number of carbonyl (C=O) groups excluding carboxylic acids is 1. The molecule has 0 saturated heterocycles. The van der Waals surface area contributed by atoms with Crippen molar-refractivity contribution in [2.45, 2.75) is 26.3 Å². The second-order valence-electron chi connectivity index (χ2n) is 4.58. The van der Waals surface area contributed by atoms with Crippen molar-refractivity contribution in [1.29, 1.82) is 0 Å². The number of anilines is 1. The SMILES string of the molecule is CCNC(C)(C)C(=O)Nc1cc(Cl)cc(Br)c1OC. The van der Waals surface area contributed by atoms with Gasteiger partial charge in [-0.25, -0.2) is 0 Å². The molecule has 1 rings (SSSR count). The summed E-state index contributed by atoms with van der Waals surface area (Å²) in [7, 11) is 1.54. The molecule has 0 heterocycles. The summed E-state index contributed by atoms with van der Waals surface area (Å²) in [5, 5.41) is 6.46. The fraction of sp³-hybridized carbons (Fsp3) is 0.462. The van der Waals surface area contributed by atoms with E-state index in [-0.39, 0.29) is 5.91 Å². The Morgan fingerprint density at radius 1 is 1.47 bits per heavy atom. The molecule has 0 unspecified atom stereocenters. The van der Waals surface area contributed by atoms with Gasteiger partial charge < -0.3 is 15.4 Å². The van der Waals surface area contributed by atoms with Crippen LogP contribution in [0.3, 0.4) is 0 Å². The number of likely N-dealkylation sites (N-methyl/N-ethyl adjacent to an activating group) is 1. The van der Waals surface area contributed by atoms with Crippen molar-refractivity contribution in [2.75, 3.05) is 19.0 Å². The van der Waals surface area contributed by atoms with Crippen molar-refractivity contribution >= 4 is 39.1 Å². The topological polar surface area (TPSA) is 50.4 Å². The van der Waals surface area contributed by atoms with Gasteiger partial charge in [-0.05, 0) is 48.5 Å². The Kier molecular flexibility index (Phi) is 5.64. The van der Waals surface area contributed by atoms with Crippen LogP contribution in [0.4, 0.5) is 5.69 Å². The number of carbonyl (C=O) groups is 1. The zero-order valence-electron chi connectivity index (χ0n) is 11.4. The quantitative estimate of drug-likeness (QED) is 0.856. The summed E-state index contributed by atoms with van der Waals surface area (Å²) in [4.78, 5) is 12.2. The first-order valence-electron chi connectivity index (χ1n) is 5.91. The minimum absolute atomic E-state index is 0.151. The highest BCUT2D eigenvalue weighted by molar-refractivity contribution is 9.10. The maximum Gasteiger partial charge on any atom is 0.244 e. The molecule has 0 radical (unpaired) electrons. The van der Waals surface area contributed by atoms with Crippen LogP contribution in [0, 0.1) is 0 Å². The number of nitrogens with one attached hydrogen (secondary N) is 2. The lowest BCUT2D eigenvalue weighted by Crippen LogP contribution is -2.49. The Balaban J connectivity index is 3.02. The van der Waals surface area contributed by atoms with Crippen molar-refractivity contribution in [3.63, 3.8) is 0 Å². The summed E-state index contributed by atoms with van der Waals surface area (Å²) in [5.74, 6) is 0.395. The first-order valence-corrected chi connectivity index (χ1v) is 7.08. The summed E-state index contributed by atoms with van der Waals surface area (Å²) in [6, 6.07) is 3.37. The molecule has 0 aromatic heterocycles. The highest BCUT2D eigenvalue weighted by atomic mass is 79.9. The largest absolute Gasteiger partial charge is 0.493 e. The molecule has 19 heavy (non-hydrogen) atoms. The van der Waals surface area contributed by atoms with Crippen LogP contribution >= 0.6 is 27.5 Å². The molecule has 0 aliphatic heterocycles. The van der Waals surface area contributed by atoms with Crippen LogP contribution < -0.4 is 15.4 Å². The van der Waals surface area contributed by atoms with Gasteiger partial charge in [-0.2, -0.15) is 0 Å². The second-order valence-corrected chi connectivity index (χ2v) is 5.87. The summed E-state index contributed by atoms with van der Waals surface area (Å²) in [6.07, 6.45) is 0. The van der Waals surface area contributed by atoms with Crippen molar-refractivity contribution in [2.24, 2.45) is 0 Å². The van der Waals surface area contributed by atoms with Gasteiger partial charge in [0.2, 0.25) is 5.91 Å². The van der Waals surface area contributed by atoms with Crippen molar-refractivity contribution in [3.8, 4) is 5.75 Å². The van der Waals surface area contributed by atoms with E-state index in [4.69, 9.17) is 16.3 Å². The van der Waals surface area contributed by atoms with Crippen molar-refractivity contribution < 1.29 is 9.53 Å². The lowest BCUT2D eigenvalue weighted by atomic mass is 10.0. The number of ether oxygens (including phenoxy) is 1. The molecule has 1 amide bonds. The molecule has 0 spiro atoms. The van der Waals surface area contributed by atoms with E-state index in [0.717, 1.165) is 0 Å². The van der Waals surface area contributed by atoms with Gasteiger partial charge in [-0.3, -0.25) is 4.79 Å². The smallest absolute Gasteiger partial charge is 0.244 e. The minimum atomic E-state index is -0.672. The predicted molar refractivity (Wildman–Crippen MR) is 82.1 cm³/mol. The van der Waals surface area contributed by atoms with Gasteiger partial charge in [-0.15, -0.1) is 0 Å². The van der Waals surface area contributed by atoms with E-state index < -0.39 is 5.54 Å². The number of benzene rings is 1. The lowest BCUT2D eigenvalue weighted by molar-refractivity contribution is -0.121. The number of amides is 1. The number of methoxy groups -OCH3 is 1. The van der Waals surface area contributed by atoms with Gasteiger partial charge in [0, 0.05) is 5.02 Å². The monoisotopic (exact) mass is 348 g/mol. The molecule has 0 atom stereocenters. The van der Waals surface area contributed by atoms with Crippen molar-refractivity contribution in [1.82, 2.24) is 5.32 Å². The molecule has 0 bridgehead atoms. The zero-order chi connectivity index (χ0) is 14.6. The predicted octanol–water partition coefficient (Wildman–Crippen LogP) is 3.44. The minimum Gasteiger partial charge on any atom is -0.493 e. The Hall–Kier alpha value is -0.780. The van der Waals surface area contributed by atoms with E-state index in [1.807, 2.05) is 20.8 Å². The van der Waals surface area contributed by atoms with E-state index >= 15 is 0 Å². The Morgan fingerprint density at radius 2 is 2.11 bits per heavy atom. The summed E-state index contributed by atoms with van der Waals surface area (Å²) >= 11 is 9.34. The van der Waals surface area contributed by atoms with Crippen LogP contribution in [0.15, 0.2) is 16.6 Å². The second kappa shape index (κ2) is 6.59. The molecular weight excluding hydrogens is 332 g/mol. The molecule has 106 valence electrons. The third kappa shape index (κ3) is 4.09. The molecule has 1 aromatic rings. The van der Waals surface area contributed by atoms with E-state index in [1.54, 1.807) is 19.2 Å². The third-order valence-corrected chi connectivity index (χ3v) is 3.45. The molecule has 1 aromatic carbocycles. The average molecular weight is 350 g/mol.